The van der Waals surface area contributed by atoms with Crippen molar-refractivity contribution in [3.8, 4) is 5.75 Å². The number of rotatable bonds is 4. The predicted molar refractivity (Wildman–Crippen MR) is 105 cm³/mol. The summed E-state index contributed by atoms with van der Waals surface area (Å²) >= 11 is 8.71. The van der Waals surface area contributed by atoms with E-state index < -0.39 is 15.7 Å². The van der Waals surface area contributed by atoms with E-state index in [1.54, 1.807) is 24.1 Å². The molecule has 1 aliphatic heterocycles. The molecule has 26 heavy (non-hydrogen) atoms. The van der Waals surface area contributed by atoms with E-state index in [9.17, 15) is 13.2 Å². The lowest BCUT2D eigenvalue weighted by Crippen LogP contribution is -2.45. The molecular weight excluding hydrogens is 440 g/mol. The van der Waals surface area contributed by atoms with Crippen LogP contribution in [0.15, 0.2) is 53.0 Å². The maximum Gasteiger partial charge on any atom is 0.306 e. The van der Waals surface area contributed by atoms with Gasteiger partial charge in [0, 0.05) is 11.5 Å². The number of halogens is 1. The molecule has 0 aromatic heterocycles. The van der Waals surface area contributed by atoms with E-state index in [2.05, 4.69) is 21.2 Å². The number of hydrogen-bond acceptors (Lipinski definition) is 5. The molecule has 0 bridgehead atoms. The van der Waals surface area contributed by atoms with Gasteiger partial charge in [0.25, 0.3) is 5.91 Å². The van der Waals surface area contributed by atoms with Gasteiger partial charge in [0.1, 0.15) is 5.75 Å². The first-order valence-corrected chi connectivity index (χ1v) is 10.5. The molecule has 2 aromatic rings. The summed E-state index contributed by atoms with van der Waals surface area (Å²) in [5, 5.41) is 3.01. The van der Waals surface area contributed by atoms with Crippen molar-refractivity contribution >= 4 is 49.3 Å². The van der Waals surface area contributed by atoms with E-state index in [-0.39, 0.29) is 11.7 Å². The number of nitrogens with zero attached hydrogens (tertiary/aromatic N) is 1. The summed E-state index contributed by atoms with van der Waals surface area (Å²) in [5.41, 5.74) is 0.199. The van der Waals surface area contributed by atoms with Gasteiger partial charge in [-0.2, -0.15) is 8.42 Å². The Labute approximate surface area is 165 Å². The predicted octanol–water partition coefficient (Wildman–Crippen LogP) is 2.38. The molecule has 1 atom stereocenters. The van der Waals surface area contributed by atoms with Crippen LogP contribution in [0.4, 0.5) is 0 Å². The van der Waals surface area contributed by atoms with Crippen molar-refractivity contribution in [3.63, 3.8) is 0 Å². The normalized spacial score (nSPS) is 20.2. The van der Waals surface area contributed by atoms with Crippen LogP contribution in [0.3, 0.4) is 0 Å². The van der Waals surface area contributed by atoms with Crippen molar-refractivity contribution in [3.05, 3.63) is 64.1 Å². The van der Waals surface area contributed by atoms with E-state index >= 15 is 0 Å². The van der Waals surface area contributed by atoms with E-state index in [0.29, 0.717) is 10.7 Å². The van der Waals surface area contributed by atoms with E-state index in [1.165, 1.54) is 12.1 Å². The molecule has 1 saturated heterocycles. The summed E-state index contributed by atoms with van der Waals surface area (Å²) in [7, 11) is -1.89. The summed E-state index contributed by atoms with van der Waals surface area (Å²) in [4.78, 5) is 14.7. The second-order valence-corrected chi connectivity index (χ2v) is 8.73. The average Bonchev–Trinajstić information content (AvgIpc) is 2.77. The molecule has 136 valence electrons. The highest BCUT2D eigenvalue weighted by Gasteiger charge is 2.52. The smallest absolute Gasteiger partial charge is 0.306 e. The summed E-state index contributed by atoms with van der Waals surface area (Å²) < 4.78 is 28.3. The van der Waals surface area contributed by atoms with Crippen molar-refractivity contribution in [2.45, 2.75) is 5.54 Å². The van der Waals surface area contributed by atoms with Gasteiger partial charge in [-0.15, -0.1) is 0 Å². The largest absolute Gasteiger partial charge is 0.383 e. The SMILES string of the molecule is CN1C(=S)NC(=O)C1(c1ccc(OS(C)(=O)=O)cc1)c1cccc(Br)c1. The van der Waals surface area contributed by atoms with Gasteiger partial charge < -0.3 is 14.4 Å². The van der Waals surface area contributed by atoms with E-state index in [1.807, 2.05) is 24.3 Å². The zero-order valence-corrected chi connectivity index (χ0v) is 17.1. The van der Waals surface area contributed by atoms with Gasteiger partial charge in [0.2, 0.25) is 0 Å². The molecule has 0 radical (unpaired) electrons. The lowest BCUT2D eigenvalue weighted by atomic mass is 9.82. The zero-order valence-electron chi connectivity index (χ0n) is 13.9. The fourth-order valence-corrected chi connectivity index (χ4v) is 4.12. The van der Waals surface area contributed by atoms with Gasteiger partial charge in [-0.05, 0) is 47.6 Å². The Bertz CT molecular complexity index is 992. The summed E-state index contributed by atoms with van der Waals surface area (Å²) in [6.07, 6.45) is 0.973. The number of carbonyl (C=O) groups excluding carboxylic acids is 1. The minimum absolute atomic E-state index is 0.171. The molecule has 2 aromatic carbocycles. The van der Waals surface area contributed by atoms with Crippen LogP contribution in [0, 0.1) is 0 Å². The van der Waals surface area contributed by atoms with E-state index in [4.69, 9.17) is 16.4 Å². The van der Waals surface area contributed by atoms with Crippen LogP contribution >= 0.6 is 28.1 Å². The Morgan fingerprint density at radius 2 is 1.81 bits per heavy atom. The second-order valence-electron chi connectivity index (χ2n) is 5.85. The maximum atomic E-state index is 13.0. The molecule has 0 aliphatic carbocycles. The molecule has 1 amide bonds. The second kappa shape index (κ2) is 6.64. The van der Waals surface area contributed by atoms with Crippen LogP contribution in [0.1, 0.15) is 11.1 Å². The van der Waals surface area contributed by atoms with Crippen LogP contribution in [-0.4, -0.2) is 37.6 Å². The monoisotopic (exact) mass is 454 g/mol. The average molecular weight is 455 g/mol. The highest BCUT2D eigenvalue weighted by Crippen LogP contribution is 2.40. The van der Waals surface area contributed by atoms with Crippen molar-refractivity contribution in [1.82, 2.24) is 10.2 Å². The van der Waals surface area contributed by atoms with Gasteiger partial charge in [0.05, 0.1) is 6.26 Å². The Hall–Kier alpha value is -1.97. The van der Waals surface area contributed by atoms with Crippen LogP contribution in [-0.2, 0) is 20.5 Å². The van der Waals surface area contributed by atoms with Crippen LogP contribution < -0.4 is 9.50 Å². The zero-order chi connectivity index (χ0) is 19.1. The van der Waals surface area contributed by atoms with Gasteiger partial charge in [-0.25, -0.2) is 0 Å². The molecule has 1 N–H and O–H groups in total. The number of hydrogen-bond donors (Lipinski definition) is 1. The first-order valence-electron chi connectivity index (χ1n) is 7.50. The number of thiocarbonyl (C=S) groups is 1. The Kier molecular flexibility index (Phi) is 4.80. The number of benzene rings is 2. The Balaban J connectivity index is 2.17. The van der Waals surface area contributed by atoms with Gasteiger partial charge in [0.15, 0.2) is 10.7 Å². The van der Waals surface area contributed by atoms with Gasteiger partial charge in [-0.1, -0.05) is 40.2 Å². The fourth-order valence-electron chi connectivity index (χ4n) is 3.03. The number of likely N-dealkylation sites (N-methyl/N-ethyl adjacent to an activating group) is 1. The minimum Gasteiger partial charge on any atom is -0.383 e. The van der Waals surface area contributed by atoms with Crippen LogP contribution in [0.2, 0.25) is 0 Å². The third-order valence-electron chi connectivity index (χ3n) is 4.12. The molecule has 6 nitrogen and oxygen atoms in total. The molecule has 3 rings (SSSR count). The first kappa shape index (κ1) is 18.8. The summed E-state index contributed by atoms with van der Waals surface area (Å²) in [6.45, 7) is 0. The number of carbonyl (C=O) groups is 1. The minimum atomic E-state index is -3.63. The first-order chi connectivity index (χ1) is 12.1. The molecular formula is C17H15BrN2O4S2. The summed E-state index contributed by atoms with van der Waals surface area (Å²) in [5.74, 6) is -0.107. The molecule has 1 heterocycles. The van der Waals surface area contributed by atoms with Crippen molar-refractivity contribution in [2.75, 3.05) is 13.3 Å². The lowest BCUT2D eigenvalue weighted by Gasteiger charge is -2.35. The highest BCUT2D eigenvalue weighted by molar-refractivity contribution is 9.10. The van der Waals surface area contributed by atoms with Crippen LogP contribution in [0.25, 0.3) is 0 Å². The Morgan fingerprint density at radius 3 is 2.31 bits per heavy atom. The Morgan fingerprint density at radius 1 is 1.15 bits per heavy atom. The third-order valence-corrected chi connectivity index (χ3v) is 5.48. The molecule has 9 heteroatoms. The molecule has 0 spiro atoms. The fraction of sp³-hybridized carbons (Fsp3) is 0.176. The molecule has 1 unspecified atom stereocenters. The van der Waals surface area contributed by atoms with Crippen LogP contribution in [0.5, 0.6) is 5.75 Å². The lowest BCUT2D eigenvalue weighted by molar-refractivity contribution is -0.124. The molecule has 0 saturated carbocycles. The summed E-state index contributed by atoms with van der Waals surface area (Å²) in [6, 6.07) is 13.7. The molecule has 1 aliphatic rings. The number of amides is 1. The topological polar surface area (TPSA) is 75.7 Å². The van der Waals surface area contributed by atoms with Gasteiger partial charge >= 0.3 is 10.1 Å². The molecule has 1 fully saturated rings. The van der Waals surface area contributed by atoms with Crippen molar-refractivity contribution in [2.24, 2.45) is 0 Å². The third kappa shape index (κ3) is 3.22. The van der Waals surface area contributed by atoms with Gasteiger partial charge in [-0.3, -0.25) is 4.79 Å². The van der Waals surface area contributed by atoms with Crippen molar-refractivity contribution < 1.29 is 17.4 Å². The number of nitrogens with one attached hydrogen (secondary N) is 1. The van der Waals surface area contributed by atoms with Crippen molar-refractivity contribution in [1.29, 1.82) is 0 Å². The maximum absolute atomic E-state index is 13.0. The van der Waals surface area contributed by atoms with E-state index in [0.717, 1.165) is 16.3 Å². The highest BCUT2D eigenvalue weighted by atomic mass is 79.9. The standard InChI is InChI=1S/C17H15BrN2O4S2/c1-20-16(25)19-15(21)17(20,12-4-3-5-13(18)10-12)11-6-8-14(9-7-11)24-26(2,22)23/h3-10H,1-2H3,(H,19,21,25). The quantitative estimate of drug-likeness (QED) is 0.564.